The van der Waals surface area contributed by atoms with Gasteiger partial charge in [0.15, 0.2) is 0 Å². The van der Waals surface area contributed by atoms with Crippen LogP contribution in [0.25, 0.3) is 0 Å². The third kappa shape index (κ3) is 1.57. The van der Waals surface area contributed by atoms with Crippen LogP contribution in [0.15, 0.2) is 12.7 Å². The Morgan fingerprint density at radius 2 is 2.50 bits per heavy atom. The number of nitrogens with one attached hydrogen (secondary N) is 2. The van der Waals surface area contributed by atoms with E-state index in [1.165, 1.54) is 0 Å². The van der Waals surface area contributed by atoms with Crippen molar-refractivity contribution in [3.63, 3.8) is 0 Å². The summed E-state index contributed by atoms with van der Waals surface area (Å²) in [5.74, 6) is 0.0937. The van der Waals surface area contributed by atoms with Gasteiger partial charge in [0.05, 0.1) is 6.17 Å². The zero-order valence-electron chi connectivity index (χ0n) is 6.05. The number of carbonyl (C=O) groups excluding carboxylic acids is 1. The van der Waals surface area contributed by atoms with Crippen LogP contribution in [0.5, 0.6) is 0 Å². The van der Waals surface area contributed by atoms with Crippen molar-refractivity contribution in [2.75, 3.05) is 0 Å². The predicted octanol–water partition coefficient (Wildman–Crippen LogP) is -0.00350. The van der Waals surface area contributed by atoms with E-state index in [2.05, 4.69) is 17.2 Å². The van der Waals surface area contributed by atoms with Crippen LogP contribution in [-0.4, -0.2) is 18.1 Å². The van der Waals surface area contributed by atoms with Gasteiger partial charge in [0.25, 0.3) is 0 Å². The Morgan fingerprint density at radius 1 is 1.80 bits per heavy atom. The number of rotatable bonds is 1. The van der Waals surface area contributed by atoms with Gasteiger partial charge in [-0.3, -0.25) is 10.1 Å². The van der Waals surface area contributed by atoms with Crippen LogP contribution in [0.4, 0.5) is 0 Å². The Balaban J connectivity index is 2.50. The minimum absolute atomic E-state index is 0.0451. The van der Waals surface area contributed by atoms with E-state index in [1.807, 2.05) is 6.92 Å². The third-order valence-corrected chi connectivity index (χ3v) is 1.51. The van der Waals surface area contributed by atoms with Gasteiger partial charge in [-0.15, -0.1) is 0 Å². The molecule has 2 unspecified atom stereocenters. The molecule has 3 nitrogen and oxygen atoms in total. The molecule has 3 heteroatoms. The fourth-order valence-corrected chi connectivity index (χ4v) is 1.04. The second kappa shape index (κ2) is 2.84. The second-order valence-electron chi connectivity index (χ2n) is 2.55. The van der Waals surface area contributed by atoms with Gasteiger partial charge in [0.1, 0.15) is 0 Å². The molecule has 1 amide bonds. The van der Waals surface area contributed by atoms with E-state index in [1.54, 1.807) is 6.08 Å². The first kappa shape index (κ1) is 7.28. The molecule has 0 aromatic carbocycles. The lowest BCUT2D eigenvalue weighted by molar-refractivity contribution is -0.123. The lowest BCUT2D eigenvalue weighted by Crippen LogP contribution is -2.54. The van der Waals surface area contributed by atoms with E-state index in [-0.39, 0.29) is 18.1 Å². The summed E-state index contributed by atoms with van der Waals surface area (Å²) in [5, 5.41) is 5.87. The van der Waals surface area contributed by atoms with Crippen molar-refractivity contribution in [3.05, 3.63) is 12.7 Å². The SMILES string of the molecule is C=CC1NC(=O)CC(C)N1. The normalized spacial score (nSPS) is 33.1. The van der Waals surface area contributed by atoms with Crippen LogP contribution in [0.3, 0.4) is 0 Å². The Hall–Kier alpha value is -0.830. The third-order valence-electron chi connectivity index (χ3n) is 1.51. The van der Waals surface area contributed by atoms with E-state index in [0.29, 0.717) is 6.42 Å². The van der Waals surface area contributed by atoms with E-state index >= 15 is 0 Å². The van der Waals surface area contributed by atoms with Gasteiger partial charge in [0, 0.05) is 12.5 Å². The maximum atomic E-state index is 10.8. The minimum Gasteiger partial charge on any atom is -0.337 e. The fraction of sp³-hybridized carbons (Fsp3) is 0.571. The molecular weight excluding hydrogens is 128 g/mol. The summed E-state index contributed by atoms with van der Waals surface area (Å²) in [6.07, 6.45) is 2.20. The summed E-state index contributed by atoms with van der Waals surface area (Å²) < 4.78 is 0. The van der Waals surface area contributed by atoms with Crippen molar-refractivity contribution in [1.82, 2.24) is 10.6 Å². The van der Waals surface area contributed by atoms with Crippen LogP contribution in [0.1, 0.15) is 13.3 Å². The average Bonchev–Trinajstić information content (AvgIpc) is 1.85. The van der Waals surface area contributed by atoms with Crippen molar-refractivity contribution in [1.29, 1.82) is 0 Å². The zero-order valence-corrected chi connectivity index (χ0v) is 6.05. The maximum absolute atomic E-state index is 10.8. The van der Waals surface area contributed by atoms with Crippen LogP contribution >= 0.6 is 0 Å². The van der Waals surface area contributed by atoms with E-state index in [4.69, 9.17) is 0 Å². The summed E-state index contributed by atoms with van der Waals surface area (Å²) >= 11 is 0. The Morgan fingerprint density at radius 3 is 3.00 bits per heavy atom. The number of hydrogen-bond acceptors (Lipinski definition) is 2. The lowest BCUT2D eigenvalue weighted by atomic mass is 10.1. The van der Waals surface area contributed by atoms with Crippen LogP contribution in [0.2, 0.25) is 0 Å². The Labute approximate surface area is 60.5 Å². The first-order valence-corrected chi connectivity index (χ1v) is 3.40. The van der Waals surface area contributed by atoms with E-state index < -0.39 is 0 Å². The molecule has 1 aliphatic heterocycles. The zero-order chi connectivity index (χ0) is 7.56. The molecule has 0 spiro atoms. The van der Waals surface area contributed by atoms with Crippen molar-refractivity contribution in [2.24, 2.45) is 0 Å². The molecule has 1 heterocycles. The van der Waals surface area contributed by atoms with Gasteiger partial charge >= 0.3 is 0 Å². The van der Waals surface area contributed by atoms with Gasteiger partial charge < -0.3 is 5.32 Å². The molecule has 2 atom stereocenters. The smallest absolute Gasteiger partial charge is 0.223 e. The molecule has 0 aromatic heterocycles. The highest BCUT2D eigenvalue weighted by Crippen LogP contribution is 1.99. The second-order valence-corrected chi connectivity index (χ2v) is 2.55. The summed E-state index contributed by atoms with van der Waals surface area (Å²) in [6, 6.07) is 0.261. The molecule has 10 heavy (non-hydrogen) atoms. The molecule has 1 aliphatic rings. The van der Waals surface area contributed by atoms with E-state index in [0.717, 1.165) is 0 Å². The van der Waals surface area contributed by atoms with Gasteiger partial charge in [-0.25, -0.2) is 0 Å². The molecular formula is C7H12N2O. The molecule has 0 saturated carbocycles. The molecule has 56 valence electrons. The largest absolute Gasteiger partial charge is 0.337 e. The van der Waals surface area contributed by atoms with Gasteiger partial charge in [-0.2, -0.15) is 0 Å². The van der Waals surface area contributed by atoms with Crippen molar-refractivity contribution in [2.45, 2.75) is 25.6 Å². The maximum Gasteiger partial charge on any atom is 0.223 e. The molecule has 1 saturated heterocycles. The molecule has 0 aliphatic carbocycles. The first-order valence-electron chi connectivity index (χ1n) is 3.40. The molecule has 0 radical (unpaired) electrons. The average molecular weight is 140 g/mol. The summed E-state index contributed by atoms with van der Waals surface area (Å²) in [7, 11) is 0. The van der Waals surface area contributed by atoms with Crippen LogP contribution < -0.4 is 10.6 Å². The summed E-state index contributed by atoms with van der Waals surface area (Å²) in [4.78, 5) is 10.8. The predicted molar refractivity (Wildman–Crippen MR) is 39.3 cm³/mol. The summed E-state index contributed by atoms with van der Waals surface area (Å²) in [6.45, 7) is 5.56. The van der Waals surface area contributed by atoms with Crippen molar-refractivity contribution in [3.8, 4) is 0 Å². The quantitative estimate of drug-likeness (QED) is 0.503. The number of carbonyl (C=O) groups is 1. The highest BCUT2D eigenvalue weighted by molar-refractivity contribution is 5.77. The molecule has 2 N–H and O–H groups in total. The van der Waals surface area contributed by atoms with Gasteiger partial charge in [-0.05, 0) is 6.92 Å². The minimum atomic E-state index is -0.0451. The topological polar surface area (TPSA) is 41.1 Å². The molecule has 0 aromatic rings. The standard InChI is InChI=1S/C7H12N2O/c1-3-6-8-5(2)4-7(10)9-6/h3,5-6,8H,1,4H2,2H3,(H,9,10). The monoisotopic (exact) mass is 140 g/mol. The highest BCUT2D eigenvalue weighted by Gasteiger charge is 2.19. The van der Waals surface area contributed by atoms with Crippen LogP contribution in [0, 0.1) is 0 Å². The number of amides is 1. The Bertz CT molecular complexity index is 156. The van der Waals surface area contributed by atoms with E-state index in [9.17, 15) is 4.79 Å². The van der Waals surface area contributed by atoms with Gasteiger partial charge in [-0.1, -0.05) is 12.7 Å². The molecule has 0 bridgehead atoms. The fourth-order valence-electron chi connectivity index (χ4n) is 1.04. The first-order chi connectivity index (χ1) is 4.72. The van der Waals surface area contributed by atoms with Gasteiger partial charge in [0.2, 0.25) is 5.91 Å². The summed E-state index contributed by atoms with van der Waals surface area (Å²) in [5.41, 5.74) is 0. The Kier molecular flexibility index (Phi) is 2.06. The van der Waals surface area contributed by atoms with Crippen LogP contribution in [-0.2, 0) is 4.79 Å². The van der Waals surface area contributed by atoms with Crippen molar-refractivity contribution >= 4 is 5.91 Å². The van der Waals surface area contributed by atoms with Crippen molar-refractivity contribution < 1.29 is 4.79 Å². The number of hydrogen-bond donors (Lipinski definition) is 2. The molecule has 1 fully saturated rings. The molecule has 1 rings (SSSR count). The highest BCUT2D eigenvalue weighted by atomic mass is 16.2. The lowest BCUT2D eigenvalue weighted by Gasteiger charge is -2.26.